The summed E-state index contributed by atoms with van der Waals surface area (Å²) in [5, 5.41) is 13.7. The van der Waals surface area contributed by atoms with Crippen LogP contribution in [0.3, 0.4) is 0 Å². The molecule has 1 rings (SSSR count). The van der Waals surface area contributed by atoms with Crippen LogP contribution in [0.25, 0.3) is 0 Å². The lowest BCUT2D eigenvalue weighted by Gasteiger charge is -2.21. The molecule has 6 heteroatoms. The summed E-state index contributed by atoms with van der Waals surface area (Å²) < 4.78 is 0. The van der Waals surface area contributed by atoms with Gasteiger partial charge in [0.1, 0.15) is 6.04 Å². The van der Waals surface area contributed by atoms with E-state index in [2.05, 4.69) is 10.6 Å². The molecule has 3 N–H and O–H groups in total. The molecule has 5 nitrogen and oxygen atoms in total. The molecular formula is C10H18N2O3S. The molecule has 92 valence electrons. The number of hydrogen-bond donors (Lipinski definition) is 3. The molecule has 0 aromatic carbocycles. The van der Waals surface area contributed by atoms with E-state index in [1.807, 2.05) is 11.8 Å². The average Bonchev–Trinajstić information content (AvgIpc) is 2.27. The van der Waals surface area contributed by atoms with Gasteiger partial charge < -0.3 is 15.7 Å². The molecule has 0 bridgehead atoms. The molecule has 0 spiro atoms. The Morgan fingerprint density at radius 2 is 2.06 bits per heavy atom. The van der Waals surface area contributed by atoms with Crippen molar-refractivity contribution in [1.29, 1.82) is 0 Å². The fraction of sp³-hybridized carbons (Fsp3) is 0.800. The molecule has 1 fully saturated rings. The number of urea groups is 1. The minimum atomic E-state index is -1.02. The monoisotopic (exact) mass is 246 g/mol. The molecule has 2 amide bonds. The zero-order valence-corrected chi connectivity index (χ0v) is 10.2. The lowest BCUT2D eigenvalue weighted by atomic mass is 10.0. The standard InChI is InChI=1S/C10H18N2O3S/c1-7(9(13)14)12-10(15)11-6-8-2-4-16-5-3-8/h7-8H,2-6H2,1H3,(H,13,14)(H2,11,12,15)/t7-/m0/s1. The largest absolute Gasteiger partial charge is 0.480 e. The molecule has 0 radical (unpaired) electrons. The normalized spacial score (nSPS) is 18.8. The average molecular weight is 246 g/mol. The van der Waals surface area contributed by atoms with Gasteiger partial charge in [0.05, 0.1) is 0 Å². The second-order valence-corrected chi connectivity index (χ2v) is 5.19. The Bertz CT molecular complexity index is 254. The van der Waals surface area contributed by atoms with E-state index in [-0.39, 0.29) is 0 Å². The molecule has 1 heterocycles. The summed E-state index contributed by atoms with van der Waals surface area (Å²) >= 11 is 1.94. The van der Waals surface area contributed by atoms with Gasteiger partial charge in [0, 0.05) is 6.54 Å². The highest BCUT2D eigenvalue weighted by molar-refractivity contribution is 7.99. The van der Waals surface area contributed by atoms with Crippen LogP contribution in [-0.4, -0.2) is 41.2 Å². The Balaban J connectivity index is 2.16. The highest BCUT2D eigenvalue weighted by atomic mass is 32.2. The lowest BCUT2D eigenvalue weighted by molar-refractivity contribution is -0.138. The maximum atomic E-state index is 11.3. The quantitative estimate of drug-likeness (QED) is 0.688. The van der Waals surface area contributed by atoms with Crippen LogP contribution >= 0.6 is 11.8 Å². The van der Waals surface area contributed by atoms with Crippen molar-refractivity contribution in [3.05, 3.63) is 0 Å². The second-order valence-electron chi connectivity index (χ2n) is 3.97. The van der Waals surface area contributed by atoms with Gasteiger partial charge in [-0.1, -0.05) is 0 Å². The van der Waals surface area contributed by atoms with Crippen LogP contribution in [0.1, 0.15) is 19.8 Å². The summed E-state index contributed by atoms with van der Waals surface area (Å²) in [7, 11) is 0. The number of amides is 2. The van der Waals surface area contributed by atoms with E-state index < -0.39 is 18.0 Å². The number of carbonyl (C=O) groups excluding carboxylic acids is 1. The molecule has 0 aromatic rings. The van der Waals surface area contributed by atoms with Crippen molar-refractivity contribution >= 4 is 23.8 Å². The van der Waals surface area contributed by atoms with Gasteiger partial charge in [0.2, 0.25) is 0 Å². The van der Waals surface area contributed by atoms with Crippen LogP contribution in [0.2, 0.25) is 0 Å². The minimum absolute atomic E-state index is 0.395. The number of carboxylic acid groups (broad SMARTS) is 1. The number of carboxylic acids is 1. The first kappa shape index (κ1) is 13.2. The first-order chi connectivity index (χ1) is 7.59. The molecule has 16 heavy (non-hydrogen) atoms. The number of aliphatic carboxylic acids is 1. The van der Waals surface area contributed by atoms with Gasteiger partial charge in [0.15, 0.2) is 0 Å². The van der Waals surface area contributed by atoms with Crippen molar-refractivity contribution in [2.75, 3.05) is 18.1 Å². The summed E-state index contributed by atoms with van der Waals surface area (Å²) in [6.07, 6.45) is 2.25. The molecule has 0 aromatic heterocycles. The van der Waals surface area contributed by atoms with Crippen LogP contribution < -0.4 is 10.6 Å². The smallest absolute Gasteiger partial charge is 0.325 e. The number of rotatable bonds is 4. The third kappa shape index (κ3) is 4.74. The van der Waals surface area contributed by atoms with E-state index >= 15 is 0 Å². The van der Waals surface area contributed by atoms with Crippen LogP contribution in [0, 0.1) is 5.92 Å². The predicted octanol–water partition coefficient (Wildman–Crippen LogP) is 0.902. The Morgan fingerprint density at radius 3 is 2.62 bits per heavy atom. The summed E-state index contributed by atoms with van der Waals surface area (Å²) in [5.74, 6) is 1.82. The van der Waals surface area contributed by atoms with Crippen molar-refractivity contribution in [2.45, 2.75) is 25.8 Å². The third-order valence-electron chi connectivity index (χ3n) is 2.61. The van der Waals surface area contributed by atoms with Gasteiger partial charge in [-0.05, 0) is 37.2 Å². The maximum Gasteiger partial charge on any atom is 0.325 e. The van der Waals surface area contributed by atoms with E-state index in [0.717, 1.165) is 24.3 Å². The SMILES string of the molecule is C[C@H](NC(=O)NCC1CCSCC1)C(=O)O. The number of thioether (sulfide) groups is 1. The molecule has 1 aliphatic heterocycles. The highest BCUT2D eigenvalue weighted by Gasteiger charge is 2.16. The molecule has 1 atom stereocenters. The summed E-state index contributed by atoms with van der Waals surface area (Å²) in [6, 6.07) is -1.24. The number of hydrogen-bond acceptors (Lipinski definition) is 3. The Labute approximate surface area is 99.4 Å². The lowest BCUT2D eigenvalue weighted by Crippen LogP contribution is -2.45. The second kappa shape index (κ2) is 6.62. The maximum absolute atomic E-state index is 11.3. The van der Waals surface area contributed by atoms with Crippen LogP contribution in [0.5, 0.6) is 0 Å². The first-order valence-electron chi connectivity index (χ1n) is 5.44. The number of nitrogens with one attached hydrogen (secondary N) is 2. The predicted molar refractivity (Wildman–Crippen MR) is 63.7 cm³/mol. The Kier molecular flexibility index (Phi) is 5.45. The summed E-state index contributed by atoms with van der Waals surface area (Å²) in [6.45, 7) is 2.08. The van der Waals surface area contributed by atoms with Gasteiger partial charge in [-0.2, -0.15) is 11.8 Å². The van der Waals surface area contributed by atoms with Crippen LogP contribution in [-0.2, 0) is 4.79 Å². The van der Waals surface area contributed by atoms with Gasteiger partial charge in [0.25, 0.3) is 0 Å². The van der Waals surface area contributed by atoms with Gasteiger partial charge >= 0.3 is 12.0 Å². The van der Waals surface area contributed by atoms with Gasteiger partial charge in [-0.15, -0.1) is 0 Å². The minimum Gasteiger partial charge on any atom is -0.480 e. The molecule has 0 unspecified atom stereocenters. The molecule has 0 saturated carbocycles. The zero-order chi connectivity index (χ0) is 12.0. The van der Waals surface area contributed by atoms with E-state index in [4.69, 9.17) is 5.11 Å². The highest BCUT2D eigenvalue weighted by Crippen LogP contribution is 2.21. The Morgan fingerprint density at radius 1 is 1.44 bits per heavy atom. The fourth-order valence-electron chi connectivity index (χ4n) is 1.50. The fourth-order valence-corrected chi connectivity index (χ4v) is 2.70. The van der Waals surface area contributed by atoms with E-state index in [9.17, 15) is 9.59 Å². The summed E-state index contributed by atoms with van der Waals surface area (Å²) in [4.78, 5) is 21.8. The topological polar surface area (TPSA) is 78.4 Å². The van der Waals surface area contributed by atoms with Crippen molar-refractivity contribution in [2.24, 2.45) is 5.92 Å². The van der Waals surface area contributed by atoms with E-state index in [1.165, 1.54) is 6.92 Å². The van der Waals surface area contributed by atoms with Crippen molar-refractivity contribution in [1.82, 2.24) is 10.6 Å². The van der Waals surface area contributed by atoms with E-state index in [1.54, 1.807) is 0 Å². The van der Waals surface area contributed by atoms with Gasteiger partial charge in [-0.25, -0.2) is 4.79 Å². The van der Waals surface area contributed by atoms with Crippen molar-refractivity contribution in [3.8, 4) is 0 Å². The zero-order valence-electron chi connectivity index (χ0n) is 9.36. The Hall–Kier alpha value is -0.910. The molecule has 0 aliphatic carbocycles. The van der Waals surface area contributed by atoms with Crippen LogP contribution in [0.4, 0.5) is 4.79 Å². The number of carbonyl (C=O) groups is 2. The van der Waals surface area contributed by atoms with E-state index in [0.29, 0.717) is 12.5 Å². The van der Waals surface area contributed by atoms with Crippen molar-refractivity contribution < 1.29 is 14.7 Å². The van der Waals surface area contributed by atoms with Crippen LogP contribution in [0.15, 0.2) is 0 Å². The summed E-state index contributed by atoms with van der Waals surface area (Å²) in [5.41, 5.74) is 0. The van der Waals surface area contributed by atoms with Gasteiger partial charge in [-0.3, -0.25) is 4.79 Å². The van der Waals surface area contributed by atoms with Crippen molar-refractivity contribution in [3.63, 3.8) is 0 Å². The molecule has 1 saturated heterocycles. The third-order valence-corrected chi connectivity index (χ3v) is 3.66. The molecule has 1 aliphatic rings. The first-order valence-corrected chi connectivity index (χ1v) is 6.60. The molecular weight excluding hydrogens is 228 g/mol.